The molecule has 6 nitrogen and oxygen atoms in total. The Morgan fingerprint density at radius 2 is 1.69 bits per heavy atom. The number of nitrogens with one attached hydrogen (secondary N) is 2. The van der Waals surface area contributed by atoms with Crippen molar-refractivity contribution >= 4 is 34.0 Å². The van der Waals surface area contributed by atoms with Crippen molar-refractivity contribution in [2.75, 3.05) is 13.7 Å². The quantitative estimate of drug-likeness (QED) is 0.217. The van der Waals surface area contributed by atoms with E-state index >= 15 is 0 Å². The number of hydrogen-bond donors (Lipinski definition) is 2. The predicted octanol–water partition coefficient (Wildman–Crippen LogP) is 4.94. The molecule has 0 aliphatic heterocycles. The van der Waals surface area contributed by atoms with E-state index < -0.39 is 0 Å². The molecule has 0 radical (unpaired) electrons. The van der Waals surface area contributed by atoms with Crippen LogP contribution in [0.3, 0.4) is 0 Å². The van der Waals surface area contributed by atoms with Gasteiger partial charge in [0, 0.05) is 16.5 Å². The number of rotatable bonds is 15. The number of nitrogens with zero attached hydrogens (tertiary/aromatic N) is 1. The zero-order valence-electron chi connectivity index (χ0n) is 17.6. The summed E-state index contributed by atoms with van der Waals surface area (Å²) in [5.41, 5.74) is 3.14. The molecule has 0 aliphatic carbocycles. The molecule has 0 unspecified atom stereocenters. The van der Waals surface area contributed by atoms with Crippen LogP contribution in [0.1, 0.15) is 76.7 Å². The molecule has 0 spiro atoms. The van der Waals surface area contributed by atoms with E-state index in [9.17, 15) is 9.59 Å². The highest BCUT2D eigenvalue weighted by Crippen LogP contribution is 2.21. The maximum atomic E-state index is 11.8. The number of methoxy groups -OCH3 is 1. The van der Waals surface area contributed by atoms with Gasteiger partial charge in [-0.15, -0.1) is 0 Å². The number of ether oxygens (including phenoxy) is 1. The van der Waals surface area contributed by atoms with Crippen molar-refractivity contribution in [2.24, 2.45) is 5.10 Å². The Hall–Kier alpha value is -1.89. The maximum absolute atomic E-state index is 11.8. The Morgan fingerprint density at radius 3 is 2.34 bits per heavy atom. The minimum Gasteiger partial charge on any atom is -0.496 e. The van der Waals surface area contributed by atoms with Crippen LogP contribution in [-0.2, 0) is 9.59 Å². The summed E-state index contributed by atoms with van der Waals surface area (Å²) >= 11 is 3.38. The van der Waals surface area contributed by atoms with Crippen LogP contribution in [0.15, 0.2) is 27.8 Å². The molecule has 29 heavy (non-hydrogen) atoms. The van der Waals surface area contributed by atoms with Crippen LogP contribution in [-0.4, -0.2) is 31.7 Å². The first-order valence-corrected chi connectivity index (χ1v) is 11.3. The molecule has 1 rings (SSSR count). The van der Waals surface area contributed by atoms with Gasteiger partial charge in [-0.05, 0) is 24.6 Å². The molecule has 2 amide bonds. The van der Waals surface area contributed by atoms with E-state index in [0.29, 0.717) is 12.2 Å². The van der Waals surface area contributed by atoms with Gasteiger partial charge in [-0.3, -0.25) is 9.59 Å². The minimum absolute atomic E-state index is 0.0801. The molecule has 0 atom stereocenters. The van der Waals surface area contributed by atoms with Gasteiger partial charge < -0.3 is 10.1 Å². The number of unbranched alkanes of at least 4 members (excludes halogenated alkanes) is 8. The molecule has 0 aliphatic rings. The molecule has 0 saturated heterocycles. The molecular formula is C22H34BrN3O3. The molecule has 1 aromatic rings. The van der Waals surface area contributed by atoms with Crippen LogP contribution in [0.4, 0.5) is 0 Å². The molecular weight excluding hydrogens is 434 g/mol. The Bertz CT molecular complexity index is 650. The van der Waals surface area contributed by atoms with Crippen molar-refractivity contribution in [1.29, 1.82) is 0 Å². The van der Waals surface area contributed by atoms with Gasteiger partial charge in [-0.25, -0.2) is 5.43 Å². The van der Waals surface area contributed by atoms with E-state index in [1.54, 1.807) is 13.2 Å². The zero-order chi connectivity index (χ0) is 21.3. The summed E-state index contributed by atoms with van der Waals surface area (Å²) in [6.45, 7) is 2.15. The van der Waals surface area contributed by atoms with Gasteiger partial charge in [0.25, 0.3) is 5.91 Å². The van der Waals surface area contributed by atoms with Crippen molar-refractivity contribution in [3.05, 3.63) is 28.2 Å². The second-order valence-electron chi connectivity index (χ2n) is 7.03. The SMILES string of the molecule is CCCCCCCCCCCC(=O)NCC(=O)N/N=C\c1cc(Br)ccc1OC. The molecule has 2 N–H and O–H groups in total. The second-order valence-corrected chi connectivity index (χ2v) is 7.95. The average molecular weight is 468 g/mol. The van der Waals surface area contributed by atoms with Crippen LogP contribution in [0.2, 0.25) is 0 Å². The Balaban J connectivity index is 2.12. The third-order valence-electron chi connectivity index (χ3n) is 4.54. The van der Waals surface area contributed by atoms with Gasteiger partial charge in [0.05, 0.1) is 19.9 Å². The van der Waals surface area contributed by atoms with Crippen LogP contribution in [0, 0.1) is 0 Å². The fourth-order valence-corrected chi connectivity index (χ4v) is 3.26. The third-order valence-corrected chi connectivity index (χ3v) is 5.03. The summed E-state index contributed by atoms with van der Waals surface area (Å²) in [5.74, 6) is 0.192. The summed E-state index contributed by atoms with van der Waals surface area (Å²) in [6, 6.07) is 5.50. The van der Waals surface area contributed by atoms with Gasteiger partial charge in [0.1, 0.15) is 5.75 Å². The molecule has 7 heteroatoms. The molecule has 0 fully saturated rings. The first-order valence-electron chi connectivity index (χ1n) is 10.5. The van der Waals surface area contributed by atoms with Crippen LogP contribution in [0.5, 0.6) is 5.75 Å². The van der Waals surface area contributed by atoms with Gasteiger partial charge >= 0.3 is 0 Å². The standard InChI is InChI=1S/C22H34BrN3O3/c1-3-4-5-6-7-8-9-10-11-12-21(27)24-17-22(28)26-25-16-18-15-19(23)13-14-20(18)29-2/h13-16H,3-12,17H2,1-2H3,(H,24,27)(H,26,28)/b25-16-. The molecule has 0 bridgehead atoms. The number of halogens is 1. The highest BCUT2D eigenvalue weighted by molar-refractivity contribution is 9.10. The Kier molecular flexibility index (Phi) is 13.8. The molecule has 0 saturated carbocycles. The fourth-order valence-electron chi connectivity index (χ4n) is 2.88. The predicted molar refractivity (Wildman–Crippen MR) is 121 cm³/mol. The minimum atomic E-state index is -0.365. The number of carbonyl (C=O) groups is 2. The van der Waals surface area contributed by atoms with E-state index in [1.165, 1.54) is 51.2 Å². The summed E-state index contributed by atoms with van der Waals surface area (Å²) < 4.78 is 6.12. The van der Waals surface area contributed by atoms with Crippen LogP contribution in [0.25, 0.3) is 0 Å². The van der Waals surface area contributed by atoms with E-state index in [1.807, 2.05) is 12.1 Å². The lowest BCUT2D eigenvalue weighted by Crippen LogP contribution is -2.34. The lowest BCUT2D eigenvalue weighted by Gasteiger charge is -2.06. The van der Waals surface area contributed by atoms with Gasteiger partial charge in [0.15, 0.2) is 0 Å². The van der Waals surface area contributed by atoms with Crippen molar-refractivity contribution < 1.29 is 14.3 Å². The van der Waals surface area contributed by atoms with Crippen molar-refractivity contribution in [2.45, 2.75) is 71.1 Å². The maximum Gasteiger partial charge on any atom is 0.259 e. The van der Waals surface area contributed by atoms with Gasteiger partial charge in [0.2, 0.25) is 5.91 Å². The lowest BCUT2D eigenvalue weighted by molar-refractivity contribution is -0.126. The number of hydrazone groups is 1. The van der Waals surface area contributed by atoms with Crippen molar-refractivity contribution in [1.82, 2.24) is 10.7 Å². The molecule has 162 valence electrons. The largest absolute Gasteiger partial charge is 0.496 e. The smallest absolute Gasteiger partial charge is 0.259 e. The van der Waals surface area contributed by atoms with Crippen LogP contribution < -0.4 is 15.5 Å². The summed E-state index contributed by atoms with van der Waals surface area (Å²) in [7, 11) is 1.57. The monoisotopic (exact) mass is 467 g/mol. The number of benzene rings is 1. The summed E-state index contributed by atoms with van der Waals surface area (Å²) in [4.78, 5) is 23.6. The first-order chi connectivity index (χ1) is 14.1. The highest BCUT2D eigenvalue weighted by Gasteiger charge is 2.05. The van der Waals surface area contributed by atoms with E-state index in [-0.39, 0.29) is 18.4 Å². The van der Waals surface area contributed by atoms with Crippen molar-refractivity contribution in [3.63, 3.8) is 0 Å². The zero-order valence-corrected chi connectivity index (χ0v) is 19.2. The highest BCUT2D eigenvalue weighted by atomic mass is 79.9. The van der Waals surface area contributed by atoms with Gasteiger partial charge in [-0.2, -0.15) is 5.10 Å². The second kappa shape index (κ2) is 16.0. The summed E-state index contributed by atoms with van der Waals surface area (Å²) in [6.07, 6.45) is 12.9. The summed E-state index contributed by atoms with van der Waals surface area (Å²) in [5, 5.41) is 6.55. The van der Waals surface area contributed by atoms with E-state index in [4.69, 9.17) is 4.74 Å². The Morgan fingerprint density at radius 1 is 1.03 bits per heavy atom. The lowest BCUT2D eigenvalue weighted by atomic mass is 10.1. The normalized spacial score (nSPS) is 10.9. The molecule has 1 aromatic carbocycles. The topological polar surface area (TPSA) is 79.8 Å². The molecule has 0 heterocycles. The first kappa shape index (κ1) is 25.1. The number of carbonyl (C=O) groups excluding carboxylic acids is 2. The molecule has 0 aromatic heterocycles. The van der Waals surface area contributed by atoms with Gasteiger partial charge in [-0.1, -0.05) is 74.2 Å². The fraction of sp³-hybridized carbons (Fsp3) is 0.591. The Labute approximate surface area is 183 Å². The third kappa shape index (κ3) is 12.3. The number of hydrogen-bond acceptors (Lipinski definition) is 4. The number of amides is 2. The van der Waals surface area contributed by atoms with E-state index in [0.717, 1.165) is 22.9 Å². The van der Waals surface area contributed by atoms with Crippen molar-refractivity contribution in [3.8, 4) is 5.75 Å². The van der Waals surface area contributed by atoms with Crippen LogP contribution >= 0.6 is 15.9 Å². The van der Waals surface area contributed by atoms with E-state index in [2.05, 4.69) is 38.7 Å². The average Bonchev–Trinajstić information content (AvgIpc) is 2.71.